The topological polar surface area (TPSA) is 89.3 Å². The van der Waals surface area contributed by atoms with E-state index in [0.717, 1.165) is 65.1 Å². The molecule has 0 unspecified atom stereocenters. The molecule has 3 rings (SSSR count). The fourth-order valence-corrected chi connectivity index (χ4v) is 3.33. The van der Waals surface area contributed by atoms with Gasteiger partial charge in [-0.25, -0.2) is 4.98 Å². The highest BCUT2D eigenvalue weighted by molar-refractivity contribution is 6.30. The summed E-state index contributed by atoms with van der Waals surface area (Å²) in [7, 11) is 0. The standard InChI is InChI=1S/C24H28ClN5.2ClH/c25-19-12-9-18(10-13-19)11-14-20-17-23(21-7-3-4-8-22(21)30-20)28-15-5-1-2-6-16-29-24(26)27;;/h3-4,7-14,17H,1-2,5-6,15-16H2,(H,28,30)(H4,26,27,29);2*1H/b14-11+;;. The minimum atomic E-state index is 0. The highest BCUT2D eigenvalue weighted by atomic mass is 35.5. The van der Waals surface area contributed by atoms with Gasteiger partial charge in [0.05, 0.1) is 11.2 Å². The largest absolute Gasteiger partial charge is 0.384 e. The molecule has 0 radical (unpaired) electrons. The number of fused-ring (bicyclic) bond motifs is 1. The maximum Gasteiger partial charge on any atom is 0.185 e. The van der Waals surface area contributed by atoms with Crippen molar-refractivity contribution in [2.24, 2.45) is 16.5 Å². The van der Waals surface area contributed by atoms with Crippen LogP contribution in [0.2, 0.25) is 5.02 Å². The number of aliphatic imine (C=N–C) groups is 1. The highest BCUT2D eigenvalue weighted by Crippen LogP contribution is 2.24. The molecule has 5 nitrogen and oxygen atoms in total. The van der Waals surface area contributed by atoms with E-state index in [0.29, 0.717) is 6.54 Å². The first-order chi connectivity index (χ1) is 14.6. The van der Waals surface area contributed by atoms with Crippen molar-refractivity contribution in [3.8, 4) is 0 Å². The molecule has 3 aromatic rings. The van der Waals surface area contributed by atoms with E-state index in [1.807, 2.05) is 54.6 Å². The first-order valence-electron chi connectivity index (χ1n) is 10.2. The van der Waals surface area contributed by atoms with E-state index < -0.39 is 0 Å². The molecule has 0 aliphatic heterocycles. The van der Waals surface area contributed by atoms with Crippen LogP contribution >= 0.6 is 36.4 Å². The van der Waals surface area contributed by atoms with Gasteiger partial charge in [-0.15, -0.1) is 24.8 Å². The second kappa shape index (κ2) is 14.6. The van der Waals surface area contributed by atoms with Gasteiger partial charge in [0.15, 0.2) is 5.96 Å². The van der Waals surface area contributed by atoms with Gasteiger partial charge in [-0.2, -0.15) is 0 Å². The third-order valence-electron chi connectivity index (χ3n) is 4.75. The summed E-state index contributed by atoms with van der Waals surface area (Å²) in [5.74, 6) is 0.169. The van der Waals surface area contributed by atoms with Crippen LogP contribution in [-0.4, -0.2) is 24.0 Å². The van der Waals surface area contributed by atoms with Crippen LogP contribution < -0.4 is 16.8 Å². The molecule has 32 heavy (non-hydrogen) atoms. The van der Waals surface area contributed by atoms with Gasteiger partial charge in [0, 0.05) is 29.2 Å². The lowest BCUT2D eigenvalue weighted by Crippen LogP contribution is -2.22. The average Bonchev–Trinajstić information content (AvgIpc) is 2.75. The third kappa shape index (κ3) is 8.95. The van der Waals surface area contributed by atoms with Crippen molar-refractivity contribution in [3.63, 3.8) is 0 Å². The van der Waals surface area contributed by atoms with Gasteiger partial charge in [-0.1, -0.05) is 60.9 Å². The second-order valence-corrected chi connectivity index (χ2v) is 7.58. The number of nitrogens with two attached hydrogens (primary N) is 2. The monoisotopic (exact) mass is 493 g/mol. The zero-order valence-electron chi connectivity index (χ0n) is 17.8. The van der Waals surface area contributed by atoms with Gasteiger partial charge in [-0.3, -0.25) is 4.99 Å². The number of nitrogens with zero attached hydrogens (tertiary/aromatic N) is 2. The predicted octanol–water partition coefficient (Wildman–Crippen LogP) is 6.15. The van der Waals surface area contributed by atoms with Crippen LogP contribution in [0, 0.1) is 0 Å². The molecule has 0 saturated carbocycles. The van der Waals surface area contributed by atoms with Gasteiger partial charge in [0.1, 0.15) is 0 Å². The van der Waals surface area contributed by atoms with Crippen molar-refractivity contribution in [1.29, 1.82) is 0 Å². The number of nitrogens with one attached hydrogen (secondary N) is 1. The fraction of sp³-hybridized carbons (Fsp3) is 0.250. The number of anilines is 1. The SMILES string of the molecule is Cl.Cl.NC(N)=NCCCCCCNc1cc(/C=C/c2ccc(Cl)cc2)nc2ccccc12. The number of pyridine rings is 1. The second-order valence-electron chi connectivity index (χ2n) is 7.14. The smallest absolute Gasteiger partial charge is 0.185 e. The lowest BCUT2D eigenvalue weighted by atomic mass is 10.1. The number of hydrogen-bond donors (Lipinski definition) is 3. The highest BCUT2D eigenvalue weighted by Gasteiger charge is 2.04. The van der Waals surface area contributed by atoms with Crippen molar-refractivity contribution in [2.75, 3.05) is 18.4 Å². The molecular formula is C24H30Cl3N5. The summed E-state index contributed by atoms with van der Waals surface area (Å²) in [6, 6.07) is 18.1. The molecule has 0 saturated heterocycles. The summed E-state index contributed by atoms with van der Waals surface area (Å²) >= 11 is 5.96. The van der Waals surface area contributed by atoms with Gasteiger partial charge in [0.2, 0.25) is 0 Å². The van der Waals surface area contributed by atoms with Crippen LogP contribution in [0.3, 0.4) is 0 Å². The van der Waals surface area contributed by atoms with E-state index in [1.165, 1.54) is 0 Å². The maximum absolute atomic E-state index is 5.96. The summed E-state index contributed by atoms with van der Waals surface area (Å²) in [4.78, 5) is 8.79. The summed E-state index contributed by atoms with van der Waals surface area (Å²) in [5.41, 5.74) is 14.8. The molecule has 0 atom stereocenters. The zero-order chi connectivity index (χ0) is 21.2. The summed E-state index contributed by atoms with van der Waals surface area (Å²) in [6.45, 7) is 1.62. The Labute approximate surface area is 207 Å². The van der Waals surface area contributed by atoms with Crippen molar-refractivity contribution in [1.82, 2.24) is 4.98 Å². The van der Waals surface area contributed by atoms with Gasteiger partial charge < -0.3 is 16.8 Å². The molecule has 1 heterocycles. The van der Waals surface area contributed by atoms with Crippen molar-refractivity contribution < 1.29 is 0 Å². The number of rotatable bonds is 10. The Bertz CT molecular complexity index is 1020. The van der Waals surface area contributed by atoms with E-state index in [2.05, 4.69) is 22.4 Å². The van der Waals surface area contributed by atoms with E-state index in [-0.39, 0.29) is 30.8 Å². The Morgan fingerprint density at radius 3 is 2.41 bits per heavy atom. The van der Waals surface area contributed by atoms with Crippen LogP contribution in [-0.2, 0) is 0 Å². The Hall–Kier alpha value is -2.47. The molecule has 0 fully saturated rings. The molecule has 0 amide bonds. The normalized spacial score (nSPS) is 10.4. The van der Waals surface area contributed by atoms with E-state index in [1.54, 1.807) is 0 Å². The van der Waals surface area contributed by atoms with E-state index in [9.17, 15) is 0 Å². The van der Waals surface area contributed by atoms with Crippen molar-refractivity contribution in [2.45, 2.75) is 25.7 Å². The van der Waals surface area contributed by atoms with Crippen LogP contribution in [0.1, 0.15) is 36.9 Å². The zero-order valence-corrected chi connectivity index (χ0v) is 20.2. The average molecular weight is 495 g/mol. The number of hydrogen-bond acceptors (Lipinski definition) is 3. The molecule has 5 N–H and O–H groups in total. The van der Waals surface area contributed by atoms with Crippen LogP contribution in [0.15, 0.2) is 59.6 Å². The van der Waals surface area contributed by atoms with Gasteiger partial charge in [-0.05, 0) is 48.7 Å². The Kier molecular flexibility index (Phi) is 12.5. The quantitative estimate of drug-likeness (QED) is 0.179. The van der Waals surface area contributed by atoms with Crippen LogP contribution in [0.25, 0.3) is 23.1 Å². The maximum atomic E-state index is 5.96. The number of benzene rings is 2. The molecule has 172 valence electrons. The molecule has 0 bridgehead atoms. The predicted molar refractivity (Wildman–Crippen MR) is 144 cm³/mol. The van der Waals surface area contributed by atoms with Crippen LogP contribution in [0.5, 0.6) is 0 Å². The Morgan fingerprint density at radius 2 is 1.66 bits per heavy atom. The molecule has 0 aliphatic rings. The summed E-state index contributed by atoms with van der Waals surface area (Å²) in [6.07, 6.45) is 8.44. The number of halogens is 3. The number of aromatic nitrogens is 1. The van der Waals surface area contributed by atoms with Crippen molar-refractivity contribution in [3.05, 3.63) is 70.9 Å². The number of para-hydroxylation sites is 1. The first kappa shape index (κ1) is 27.6. The van der Waals surface area contributed by atoms with Crippen molar-refractivity contribution >= 4 is 71.1 Å². The van der Waals surface area contributed by atoms with E-state index >= 15 is 0 Å². The fourth-order valence-electron chi connectivity index (χ4n) is 3.20. The third-order valence-corrected chi connectivity index (χ3v) is 5.00. The molecule has 0 spiro atoms. The van der Waals surface area contributed by atoms with Crippen LogP contribution in [0.4, 0.5) is 5.69 Å². The number of unbranched alkanes of at least 4 members (excludes halogenated alkanes) is 3. The lowest BCUT2D eigenvalue weighted by Gasteiger charge is -2.11. The molecule has 2 aromatic carbocycles. The summed E-state index contributed by atoms with van der Waals surface area (Å²) in [5, 5.41) is 5.45. The molecular weight excluding hydrogens is 465 g/mol. The molecule has 8 heteroatoms. The minimum Gasteiger partial charge on any atom is -0.384 e. The van der Waals surface area contributed by atoms with Gasteiger partial charge >= 0.3 is 0 Å². The molecule has 1 aromatic heterocycles. The Balaban J connectivity index is 0.00000256. The summed E-state index contributed by atoms with van der Waals surface area (Å²) < 4.78 is 0. The Morgan fingerprint density at radius 1 is 0.938 bits per heavy atom. The lowest BCUT2D eigenvalue weighted by molar-refractivity contribution is 0.662. The minimum absolute atomic E-state index is 0. The van der Waals surface area contributed by atoms with E-state index in [4.69, 9.17) is 28.1 Å². The number of guanidine groups is 1. The molecule has 0 aliphatic carbocycles. The first-order valence-corrected chi connectivity index (χ1v) is 10.6. The van der Waals surface area contributed by atoms with Gasteiger partial charge in [0.25, 0.3) is 0 Å².